The number of aliphatic hydroxyl groups is 1. The maximum atomic E-state index is 12.0. The first kappa shape index (κ1) is 17.1. The average molecular weight is 301 g/mol. The first-order valence-electron chi connectivity index (χ1n) is 6.73. The molecule has 0 spiro atoms. The number of hydrogen-bond acceptors (Lipinski definition) is 4. The molecule has 1 aromatic carbocycles. The third kappa shape index (κ3) is 6.00. The second kappa shape index (κ2) is 8.36. The molecule has 0 aliphatic rings. The Morgan fingerprint density at radius 1 is 1.20 bits per heavy atom. The molecule has 0 unspecified atom stereocenters. The zero-order valence-electron chi connectivity index (χ0n) is 12.0. The number of hydrogen-bond donors (Lipinski definition) is 2. The van der Waals surface area contributed by atoms with Gasteiger partial charge in [-0.3, -0.25) is 0 Å². The summed E-state index contributed by atoms with van der Waals surface area (Å²) in [5.41, 5.74) is 1.13. The first-order chi connectivity index (χ1) is 9.45. The SMILES string of the molecule is CC(C)Cc1ccc(S(=O)(=O)NCCOCCO)cc1. The van der Waals surface area contributed by atoms with E-state index in [1.165, 1.54) is 0 Å². The van der Waals surface area contributed by atoms with Gasteiger partial charge in [-0.1, -0.05) is 26.0 Å². The van der Waals surface area contributed by atoms with E-state index in [-0.39, 0.29) is 31.3 Å². The number of aliphatic hydroxyl groups excluding tert-OH is 1. The van der Waals surface area contributed by atoms with Crippen LogP contribution in [0.3, 0.4) is 0 Å². The minimum absolute atomic E-state index is 0.0654. The molecular formula is C14H23NO4S. The molecular weight excluding hydrogens is 278 g/mol. The quantitative estimate of drug-likeness (QED) is 0.671. The molecule has 20 heavy (non-hydrogen) atoms. The van der Waals surface area contributed by atoms with Gasteiger partial charge in [-0.15, -0.1) is 0 Å². The normalized spacial score (nSPS) is 12.0. The van der Waals surface area contributed by atoms with Crippen LogP contribution in [0, 0.1) is 5.92 Å². The predicted octanol–water partition coefficient (Wildman–Crippen LogP) is 1.17. The van der Waals surface area contributed by atoms with Crippen LogP contribution in [0.15, 0.2) is 29.2 Å². The van der Waals surface area contributed by atoms with E-state index in [0.717, 1.165) is 12.0 Å². The highest BCUT2D eigenvalue weighted by Gasteiger charge is 2.13. The average Bonchev–Trinajstić information content (AvgIpc) is 2.38. The zero-order valence-corrected chi connectivity index (χ0v) is 12.8. The fourth-order valence-electron chi connectivity index (χ4n) is 1.77. The van der Waals surface area contributed by atoms with Crippen LogP contribution >= 0.6 is 0 Å². The van der Waals surface area contributed by atoms with Crippen LogP contribution < -0.4 is 4.72 Å². The monoisotopic (exact) mass is 301 g/mol. The van der Waals surface area contributed by atoms with E-state index in [1.807, 2.05) is 12.1 Å². The molecule has 0 fully saturated rings. The van der Waals surface area contributed by atoms with Crippen molar-refractivity contribution in [2.24, 2.45) is 5.92 Å². The number of rotatable bonds is 9. The Bertz CT molecular complexity index is 482. The number of ether oxygens (including phenoxy) is 1. The van der Waals surface area contributed by atoms with Crippen molar-refractivity contribution in [1.29, 1.82) is 0 Å². The fraction of sp³-hybridized carbons (Fsp3) is 0.571. The van der Waals surface area contributed by atoms with Gasteiger partial charge in [0.2, 0.25) is 10.0 Å². The van der Waals surface area contributed by atoms with Crippen LogP contribution in [0.25, 0.3) is 0 Å². The van der Waals surface area contributed by atoms with Crippen molar-refractivity contribution < 1.29 is 18.3 Å². The van der Waals surface area contributed by atoms with Gasteiger partial charge in [-0.05, 0) is 30.0 Å². The summed E-state index contributed by atoms with van der Waals surface area (Å²) in [6.07, 6.45) is 0.933. The Morgan fingerprint density at radius 2 is 1.85 bits per heavy atom. The second-order valence-corrected chi connectivity index (χ2v) is 6.74. The minimum Gasteiger partial charge on any atom is -0.394 e. The van der Waals surface area contributed by atoms with E-state index < -0.39 is 10.0 Å². The second-order valence-electron chi connectivity index (χ2n) is 4.98. The van der Waals surface area contributed by atoms with Gasteiger partial charge in [0.15, 0.2) is 0 Å². The molecule has 0 radical (unpaired) electrons. The van der Waals surface area contributed by atoms with Crippen LogP contribution in [0.4, 0.5) is 0 Å². The van der Waals surface area contributed by atoms with E-state index in [9.17, 15) is 8.42 Å². The van der Waals surface area contributed by atoms with Gasteiger partial charge in [-0.25, -0.2) is 13.1 Å². The lowest BCUT2D eigenvalue weighted by atomic mass is 10.0. The van der Waals surface area contributed by atoms with Gasteiger partial charge >= 0.3 is 0 Å². The van der Waals surface area contributed by atoms with E-state index in [4.69, 9.17) is 9.84 Å². The molecule has 114 valence electrons. The molecule has 5 nitrogen and oxygen atoms in total. The Hall–Kier alpha value is -0.950. The maximum Gasteiger partial charge on any atom is 0.240 e. The van der Waals surface area contributed by atoms with Gasteiger partial charge in [-0.2, -0.15) is 0 Å². The summed E-state index contributed by atoms with van der Waals surface area (Å²) >= 11 is 0. The van der Waals surface area contributed by atoms with Crippen molar-refractivity contribution in [2.45, 2.75) is 25.2 Å². The summed E-state index contributed by atoms with van der Waals surface area (Å²) in [6, 6.07) is 6.93. The van der Waals surface area contributed by atoms with Crippen molar-refractivity contribution in [3.05, 3.63) is 29.8 Å². The van der Waals surface area contributed by atoms with Crippen LogP contribution in [-0.4, -0.2) is 39.9 Å². The summed E-state index contributed by atoms with van der Waals surface area (Å²) in [6.45, 7) is 4.83. The van der Waals surface area contributed by atoms with Crippen molar-refractivity contribution in [1.82, 2.24) is 4.72 Å². The summed E-state index contributed by atoms with van der Waals surface area (Å²) in [7, 11) is -3.49. The molecule has 0 bridgehead atoms. The van der Waals surface area contributed by atoms with E-state index in [2.05, 4.69) is 18.6 Å². The van der Waals surface area contributed by atoms with E-state index >= 15 is 0 Å². The van der Waals surface area contributed by atoms with Crippen molar-refractivity contribution >= 4 is 10.0 Å². The Morgan fingerprint density at radius 3 is 2.40 bits per heavy atom. The molecule has 0 heterocycles. The maximum absolute atomic E-state index is 12.0. The molecule has 0 saturated heterocycles. The van der Waals surface area contributed by atoms with E-state index in [1.54, 1.807) is 12.1 Å². The van der Waals surface area contributed by atoms with Crippen LogP contribution in [0.1, 0.15) is 19.4 Å². The van der Waals surface area contributed by atoms with Crippen molar-refractivity contribution in [3.63, 3.8) is 0 Å². The molecule has 0 atom stereocenters. The third-order valence-corrected chi connectivity index (χ3v) is 4.13. The number of sulfonamides is 1. The minimum atomic E-state index is -3.49. The molecule has 0 aliphatic carbocycles. The summed E-state index contributed by atoms with van der Waals surface area (Å²) < 4.78 is 31.4. The highest BCUT2D eigenvalue weighted by Crippen LogP contribution is 2.13. The molecule has 1 rings (SSSR count). The molecule has 0 saturated carbocycles. The first-order valence-corrected chi connectivity index (χ1v) is 8.21. The standard InChI is InChI=1S/C14H23NO4S/c1-12(2)11-13-3-5-14(6-4-13)20(17,18)15-7-9-19-10-8-16/h3-6,12,15-16H,7-11H2,1-2H3. The Labute approximate surface area is 121 Å². The van der Waals surface area contributed by atoms with Gasteiger partial charge in [0.25, 0.3) is 0 Å². The molecule has 2 N–H and O–H groups in total. The molecule has 1 aromatic rings. The van der Waals surface area contributed by atoms with Crippen molar-refractivity contribution in [3.8, 4) is 0 Å². The highest BCUT2D eigenvalue weighted by molar-refractivity contribution is 7.89. The molecule has 0 aliphatic heterocycles. The Balaban J connectivity index is 2.54. The lowest BCUT2D eigenvalue weighted by Crippen LogP contribution is -2.27. The van der Waals surface area contributed by atoms with Crippen LogP contribution in [0.2, 0.25) is 0 Å². The third-order valence-electron chi connectivity index (χ3n) is 2.65. The van der Waals surface area contributed by atoms with Gasteiger partial charge in [0.1, 0.15) is 0 Å². The Kier molecular flexibility index (Phi) is 7.15. The lowest BCUT2D eigenvalue weighted by Gasteiger charge is -2.09. The number of nitrogens with one attached hydrogen (secondary N) is 1. The molecule has 6 heteroatoms. The van der Waals surface area contributed by atoms with Crippen LogP contribution in [-0.2, 0) is 21.2 Å². The molecule has 0 amide bonds. The lowest BCUT2D eigenvalue weighted by molar-refractivity contribution is 0.0961. The largest absolute Gasteiger partial charge is 0.394 e. The predicted molar refractivity (Wildman–Crippen MR) is 78.1 cm³/mol. The van der Waals surface area contributed by atoms with Gasteiger partial charge in [0.05, 0.1) is 24.7 Å². The summed E-state index contributed by atoms with van der Waals surface area (Å²) in [5.74, 6) is 0.541. The summed E-state index contributed by atoms with van der Waals surface area (Å²) in [5, 5.41) is 8.53. The zero-order chi connectivity index (χ0) is 15.0. The molecule has 0 aromatic heterocycles. The van der Waals surface area contributed by atoms with Gasteiger partial charge < -0.3 is 9.84 Å². The fourth-order valence-corrected chi connectivity index (χ4v) is 2.79. The smallest absolute Gasteiger partial charge is 0.240 e. The van der Waals surface area contributed by atoms with Crippen LogP contribution in [0.5, 0.6) is 0 Å². The van der Waals surface area contributed by atoms with Gasteiger partial charge in [0, 0.05) is 6.54 Å². The summed E-state index contributed by atoms with van der Waals surface area (Å²) in [4.78, 5) is 0.257. The highest BCUT2D eigenvalue weighted by atomic mass is 32.2. The van der Waals surface area contributed by atoms with Crippen molar-refractivity contribution in [2.75, 3.05) is 26.4 Å². The topological polar surface area (TPSA) is 75.6 Å². The number of benzene rings is 1. The van der Waals surface area contributed by atoms with E-state index in [0.29, 0.717) is 5.92 Å².